The summed E-state index contributed by atoms with van der Waals surface area (Å²) in [4.78, 5) is 41.0. The Morgan fingerprint density at radius 1 is 0.947 bits per heavy atom. The molecule has 0 bridgehead atoms. The number of carbonyl (C=O) groups excluding carboxylic acids is 3. The molecule has 0 radical (unpaired) electrons. The number of nitrogens with zero attached hydrogens (tertiary/aromatic N) is 2. The van der Waals surface area contributed by atoms with Gasteiger partial charge in [-0.2, -0.15) is 0 Å². The summed E-state index contributed by atoms with van der Waals surface area (Å²) in [7, 11) is 0. The maximum Gasteiger partial charge on any atom is 0.411 e. The highest BCUT2D eigenvalue weighted by atomic mass is 16.6. The number of hydrogen-bond acceptors (Lipinski definition) is 6. The first-order chi connectivity index (χ1) is 18.2. The van der Waals surface area contributed by atoms with Crippen LogP contribution in [0.1, 0.15) is 75.2 Å². The van der Waals surface area contributed by atoms with Crippen molar-refractivity contribution in [3.63, 3.8) is 0 Å². The van der Waals surface area contributed by atoms with E-state index in [9.17, 15) is 14.4 Å². The van der Waals surface area contributed by atoms with Crippen molar-refractivity contribution >= 4 is 23.6 Å². The van der Waals surface area contributed by atoms with Crippen molar-refractivity contribution in [2.24, 2.45) is 0 Å². The highest BCUT2D eigenvalue weighted by Gasteiger charge is 2.38. The average molecular weight is 519 g/mol. The van der Waals surface area contributed by atoms with E-state index < -0.39 is 5.60 Å². The summed E-state index contributed by atoms with van der Waals surface area (Å²) < 4.78 is 5.79. The Bertz CT molecular complexity index is 1180. The minimum atomic E-state index is -0.537. The maximum absolute atomic E-state index is 13.2. The Kier molecular flexibility index (Phi) is 7.43. The highest BCUT2D eigenvalue weighted by molar-refractivity contribution is 6.01. The van der Waals surface area contributed by atoms with Crippen LogP contribution in [-0.2, 0) is 20.7 Å². The lowest BCUT2D eigenvalue weighted by Crippen LogP contribution is -2.51. The fourth-order valence-electron chi connectivity index (χ4n) is 5.81. The van der Waals surface area contributed by atoms with E-state index in [0.29, 0.717) is 25.3 Å². The van der Waals surface area contributed by atoms with Crippen LogP contribution in [0.2, 0.25) is 0 Å². The van der Waals surface area contributed by atoms with E-state index in [1.54, 1.807) is 0 Å². The summed E-state index contributed by atoms with van der Waals surface area (Å²) in [5.41, 5.74) is 4.13. The molecule has 0 aromatic heterocycles. The van der Waals surface area contributed by atoms with Crippen molar-refractivity contribution in [2.75, 3.05) is 25.0 Å². The first-order valence-corrected chi connectivity index (χ1v) is 13.7. The number of likely N-dealkylation sites (tertiary alicyclic amines) is 1. The lowest BCUT2D eigenvalue weighted by molar-refractivity contribution is -0.133. The molecule has 3 aliphatic heterocycles. The molecule has 8 heteroatoms. The Balaban J connectivity index is 1.24. The van der Waals surface area contributed by atoms with Gasteiger partial charge in [0.2, 0.25) is 11.8 Å². The molecule has 0 aliphatic carbocycles. The second-order valence-corrected chi connectivity index (χ2v) is 11.6. The van der Waals surface area contributed by atoms with E-state index in [2.05, 4.69) is 51.9 Å². The van der Waals surface area contributed by atoms with Crippen LogP contribution < -0.4 is 10.6 Å². The molecule has 0 saturated carbocycles. The van der Waals surface area contributed by atoms with Gasteiger partial charge in [-0.15, -0.1) is 0 Å². The number of imide groups is 1. The third kappa shape index (κ3) is 5.85. The van der Waals surface area contributed by atoms with Crippen LogP contribution in [0.5, 0.6) is 0 Å². The molecule has 2 atom stereocenters. The van der Waals surface area contributed by atoms with Gasteiger partial charge in [0.15, 0.2) is 0 Å². The highest BCUT2D eigenvalue weighted by Crippen LogP contribution is 2.38. The number of piperidine rings is 2. The van der Waals surface area contributed by atoms with Gasteiger partial charge >= 0.3 is 6.09 Å². The SMILES string of the molecule is CC(C)(C)OC(=O)N1CCc2ccccc2C1N1CCC(c2ccc(NC3CCC(=O)NC3=O)cc2)CC1. The van der Waals surface area contributed by atoms with Gasteiger partial charge in [0.05, 0.1) is 0 Å². The molecule has 38 heavy (non-hydrogen) atoms. The molecule has 8 nitrogen and oxygen atoms in total. The second-order valence-electron chi connectivity index (χ2n) is 11.6. The van der Waals surface area contributed by atoms with Gasteiger partial charge in [0, 0.05) is 31.7 Å². The number of anilines is 1. The monoisotopic (exact) mass is 518 g/mol. The zero-order chi connectivity index (χ0) is 26.9. The second kappa shape index (κ2) is 10.8. The molecule has 2 N–H and O–H groups in total. The molecule has 2 unspecified atom stereocenters. The fraction of sp³-hybridized carbons (Fsp3) is 0.500. The summed E-state index contributed by atoms with van der Waals surface area (Å²) in [6.45, 7) is 8.16. The molecule has 2 fully saturated rings. The third-order valence-electron chi connectivity index (χ3n) is 7.72. The normalized spacial score (nSPS) is 23.0. The van der Waals surface area contributed by atoms with Crippen LogP contribution in [0.4, 0.5) is 10.5 Å². The van der Waals surface area contributed by atoms with Crippen LogP contribution in [0.25, 0.3) is 0 Å². The van der Waals surface area contributed by atoms with Crippen molar-refractivity contribution in [1.82, 2.24) is 15.1 Å². The minimum Gasteiger partial charge on any atom is -0.444 e. The van der Waals surface area contributed by atoms with Gasteiger partial charge < -0.3 is 10.1 Å². The van der Waals surface area contributed by atoms with E-state index in [4.69, 9.17) is 4.74 Å². The predicted octanol–water partition coefficient (Wildman–Crippen LogP) is 4.58. The average Bonchev–Trinajstić information content (AvgIpc) is 2.89. The zero-order valence-corrected chi connectivity index (χ0v) is 22.5. The largest absolute Gasteiger partial charge is 0.444 e. The van der Waals surface area contributed by atoms with E-state index in [1.165, 1.54) is 16.7 Å². The lowest BCUT2D eigenvalue weighted by Gasteiger charge is -2.46. The Morgan fingerprint density at radius 3 is 2.34 bits per heavy atom. The fourth-order valence-corrected chi connectivity index (χ4v) is 5.81. The van der Waals surface area contributed by atoms with Crippen molar-refractivity contribution in [3.8, 4) is 0 Å². The number of rotatable bonds is 4. The quantitative estimate of drug-likeness (QED) is 0.576. The van der Waals surface area contributed by atoms with Gasteiger partial charge in [0.1, 0.15) is 17.8 Å². The first kappa shape index (κ1) is 26.2. The van der Waals surface area contributed by atoms with Gasteiger partial charge in [-0.1, -0.05) is 36.4 Å². The molecule has 0 spiro atoms. The molecule has 3 amide bonds. The van der Waals surface area contributed by atoms with E-state index in [0.717, 1.165) is 38.0 Å². The number of hydrogen-bond donors (Lipinski definition) is 2. The number of carbonyl (C=O) groups is 3. The molecule has 2 aromatic carbocycles. The first-order valence-electron chi connectivity index (χ1n) is 13.7. The molecule has 202 valence electrons. The molecule has 3 aliphatic rings. The number of amides is 3. The Labute approximate surface area is 224 Å². The molecule has 2 saturated heterocycles. The minimum absolute atomic E-state index is 0.115. The van der Waals surface area contributed by atoms with Crippen LogP contribution in [0.3, 0.4) is 0 Å². The smallest absolute Gasteiger partial charge is 0.411 e. The van der Waals surface area contributed by atoms with Crippen LogP contribution in [0, 0.1) is 0 Å². The maximum atomic E-state index is 13.2. The Morgan fingerprint density at radius 2 is 1.66 bits per heavy atom. The molecular formula is C30H38N4O4. The topological polar surface area (TPSA) is 91.0 Å². The summed E-state index contributed by atoms with van der Waals surface area (Å²) in [5, 5.41) is 5.64. The van der Waals surface area contributed by atoms with Crippen LogP contribution >= 0.6 is 0 Å². The van der Waals surface area contributed by atoms with E-state index in [1.807, 2.05) is 37.8 Å². The molecule has 5 rings (SSSR count). The number of fused-ring (bicyclic) bond motifs is 1. The van der Waals surface area contributed by atoms with Crippen molar-refractivity contribution in [3.05, 3.63) is 65.2 Å². The number of nitrogens with one attached hydrogen (secondary N) is 2. The molecule has 3 heterocycles. The summed E-state index contributed by atoms with van der Waals surface area (Å²) in [6, 6.07) is 16.4. The number of benzene rings is 2. The van der Waals surface area contributed by atoms with Gasteiger partial charge in [-0.25, -0.2) is 4.79 Å². The van der Waals surface area contributed by atoms with Crippen molar-refractivity contribution < 1.29 is 19.1 Å². The lowest BCUT2D eigenvalue weighted by atomic mass is 9.87. The number of ether oxygens (including phenoxy) is 1. The summed E-state index contributed by atoms with van der Waals surface area (Å²) in [5.74, 6) is -0.0345. The standard InChI is InChI=1S/C30H38N4O4/c1-30(2,3)38-29(37)34-19-16-22-6-4-5-7-24(22)28(34)33-17-14-21(15-18-33)20-8-10-23(11-9-20)31-25-12-13-26(35)32-27(25)36/h4-11,21,25,28,31H,12-19H2,1-3H3,(H,32,35,36). The van der Waals surface area contributed by atoms with Gasteiger partial charge in [-0.05, 0) is 81.2 Å². The third-order valence-corrected chi connectivity index (χ3v) is 7.72. The molecular weight excluding hydrogens is 480 g/mol. The van der Waals surface area contributed by atoms with Crippen molar-refractivity contribution in [1.29, 1.82) is 0 Å². The summed E-state index contributed by atoms with van der Waals surface area (Å²) in [6.07, 6.45) is 3.34. The van der Waals surface area contributed by atoms with Gasteiger partial charge in [0.25, 0.3) is 0 Å². The van der Waals surface area contributed by atoms with E-state index >= 15 is 0 Å². The van der Waals surface area contributed by atoms with Crippen LogP contribution in [-0.4, -0.2) is 59.0 Å². The van der Waals surface area contributed by atoms with E-state index in [-0.39, 0.29) is 30.1 Å². The molecule has 2 aromatic rings. The predicted molar refractivity (Wildman–Crippen MR) is 146 cm³/mol. The van der Waals surface area contributed by atoms with Crippen LogP contribution in [0.15, 0.2) is 48.5 Å². The summed E-state index contributed by atoms with van der Waals surface area (Å²) >= 11 is 0. The van der Waals surface area contributed by atoms with Gasteiger partial charge in [-0.3, -0.25) is 24.7 Å². The van der Waals surface area contributed by atoms with Crippen molar-refractivity contribution in [2.45, 2.75) is 76.6 Å². The Hall–Kier alpha value is -3.39. The zero-order valence-electron chi connectivity index (χ0n) is 22.5.